The molecule has 0 bridgehead atoms. The Labute approximate surface area is 180 Å². The first-order valence-electron chi connectivity index (χ1n) is 10.2. The molecule has 0 aliphatic heterocycles. The summed E-state index contributed by atoms with van der Waals surface area (Å²) in [6.07, 6.45) is 3.15. The normalized spacial score (nSPS) is 11.5. The Morgan fingerprint density at radius 1 is 1.13 bits per heavy atom. The summed E-state index contributed by atoms with van der Waals surface area (Å²) in [4.78, 5) is 28.4. The predicted octanol–water partition coefficient (Wildman–Crippen LogP) is 4.75. The molecule has 0 amide bonds. The summed E-state index contributed by atoms with van der Waals surface area (Å²) in [5, 5.41) is 14.1. The Balaban J connectivity index is 2.09. The van der Waals surface area contributed by atoms with E-state index < -0.39 is 4.92 Å². The van der Waals surface area contributed by atoms with Gasteiger partial charge in [-0.25, -0.2) is 4.68 Å². The van der Waals surface area contributed by atoms with Crippen LogP contribution in [0.2, 0.25) is 0 Å². The molecule has 0 atom stereocenters. The number of nitrogens with zero attached hydrogens (tertiary/aromatic N) is 3. The van der Waals surface area contributed by atoms with Gasteiger partial charge in [-0.3, -0.25) is 25.0 Å². The Morgan fingerprint density at radius 3 is 2.39 bits per heavy atom. The van der Waals surface area contributed by atoms with Crippen molar-refractivity contribution in [3.8, 4) is 22.7 Å². The number of methoxy groups -OCH3 is 1. The van der Waals surface area contributed by atoms with E-state index in [2.05, 4.69) is 17.0 Å². The SMILES string of the molecule is CCCCCN=C(C)c1c(-c2ccc(OC)cc2)[nH]n(-c2ccc([N+](=O)[O-])cc2)c1=O. The molecular formula is C23H26N4O4. The van der Waals surface area contributed by atoms with Gasteiger partial charge >= 0.3 is 0 Å². The number of benzene rings is 2. The number of aromatic nitrogens is 2. The third kappa shape index (κ3) is 4.91. The van der Waals surface area contributed by atoms with Crippen molar-refractivity contribution in [3.63, 3.8) is 0 Å². The molecule has 0 saturated heterocycles. The zero-order chi connectivity index (χ0) is 22.4. The van der Waals surface area contributed by atoms with Gasteiger partial charge < -0.3 is 4.74 Å². The van der Waals surface area contributed by atoms with E-state index in [1.807, 2.05) is 31.2 Å². The van der Waals surface area contributed by atoms with Crippen LogP contribution in [0.25, 0.3) is 16.9 Å². The number of nitrogens with one attached hydrogen (secondary N) is 1. The highest BCUT2D eigenvalue weighted by atomic mass is 16.6. The maximum Gasteiger partial charge on any atom is 0.280 e. The number of aliphatic imine (C=N–C) groups is 1. The van der Waals surface area contributed by atoms with Gasteiger partial charge in [0.2, 0.25) is 0 Å². The molecule has 0 aliphatic carbocycles. The molecule has 2 aromatic carbocycles. The van der Waals surface area contributed by atoms with Crippen molar-refractivity contribution in [2.75, 3.05) is 13.7 Å². The Kier molecular flexibility index (Phi) is 7.02. The van der Waals surface area contributed by atoms with Gasteiger partial charge in [0, 0.05) is 30.0 Å². The highest BCUT2D eigenvalue weighted by Gasteiger charge is 2.19. The molecule has 162 valence electrons. The van der Waals surface area contributed by atoms with E-state index in [9.17, 15) is 14.9 Å². The maximum absolute atomic E-state index is 13.3. The number of H-pyrrole nitrogens is 1. The lowest BCUT2D eigenvalue weighted by atomic mass is 10.0. The van der Waals surface area contributed by atoms with Crippen LogP contribution in [0.4, 0.5) is 5.69 Å². The highest BCUT2D eigenvalue weighted by Crippen LogP contribution is 2.24. The molecule has 1 aromatic heterocycles. The van der Waals surface area contributed by atoms with E-state index in [1.165, 1.54) is 16.8 Å². The van der Waals surface area contributed by atoms with Crippen LogP contribution in [0, 0.1) is 10.1 Å². The average Bonchev–Trinajstić information content (AvgIpc) is 3.13. The van der Waals surface area contributed by atoms with Crippen LogP contribution in [0.1, 0.15) is 38.7 Å². The van der Waals surface area contributed by atoms with Crippen molar-refractivity contribution in [1.29, 1.82) is 0 Å². The zero-order valence-electron chi connectivity index (χ0n) is 17.9. The van der Waals surface area contributed by atoms with Gasteiger partial charge in [-0.15, -0.1) is 0 Å². The lowest BCUT2D eigenvalue weighted by molar-refractivity contribution is -0.384. The second-order valence-corrected chi connectivity index (χ2v) is 7.18. The molecule has 3 aromatic rings. The van der Waals surface area contributed by atoms with Gasteiger partial charge in [-0.1, -0.05) is 19.8 Å². The molecule has 0 fully saturated rings. The second-order valence-electron chi connectivity index (χ2n) is 7.18. The first-order chi connectivity index (χ1) is 15.0. The van der Waals surface area contributed by atoms with Gasteiger partial charge in [0.25, 0.3) is 11.2 Å². The van der Waals surface area contributed by atoms with Gasteiger partial charge in [-0.05, 0) is 49.7 Å². The van der Waals surface area contributed by atoms with Crippen LogP contribution < -0.4 is 10.3 Å². The highest BCUT2D eigenvalue weighted by molar-refractivity contribution is 6.03. The lowest BCUT2D eigenvalue weighted by Gasteiger charge is -2.05. The number of ether oxygens (including phenoxy) is 1. The van der Waals surface area contributed by atoms with Gasteiger partial charge in [-0.2, -0.15) is 0 Å². The second kappa shape index (κ2) is 9.88. The topological polar surface area (TPSA) is 103 Å². The molecule has 8 nitrogen and oxygen atoms in total. The van der Waals surface area contributed by atoms with E-state index in [4.69, 9.17) is 4.74 Å². The lowest BCUT2D eigenvalue weighted by Crippen LogP contribution is -2.19. The summed E-state index contributed by atoms with van der Waals surface area (Å²) < 4.78 is 6.62. The number of nitro benzene ring substituents is 1. The van der Waals surface area contributed by atoms with Crippen LogP contribution in [-0.4, -0.2) is 34.1 Å². The summed E-state index contributed by atoms with van der Waals surface area (Å²) in [5.74, 6) is 0.715. The Morgan fingerprint density at radius 2 is 1.81 bits per heavy atom. The first-order valence-corrected chi connectivity index (χ1v) is 10.2. The first kappa shape index (κ1) is 22.0. The molecule has 1 N–H and O–H groups in total. The van der Waals surface area contributed by atoms with Gasteiger partial charge in [0.15, 0.2) is 0 Å². The minimum Gasteiger partial charge on any atom is -0.497 e. The van der Waals surface area contributed by atoms with Crippen LogP contribution in [0.3, 0.4) is 0 Å². The summed E-state index contributed by atoms with van der Waals surface area (Å²) in [7, 11) is 1.60. The minimum absolute atomic E-state index is 0.0346. The van der Waals surface area contributed by atoms with Crippen molar-refractivity contribution >= 4 is 11.4 Å². The van der Waals surface area contributed by atoms with Crippen molar-refractivity contribution in [2.24, 2.45) is 4.99 Å². The summed E-state index contributed by atoms with van der Waals surface area (Å²) in [6, 6.07) is 13.2. The molecule has 0 saturated carbocycles. The Hall–Kier alpha value is -3.68. The van der Waals surface area contributed by atoms with E-state index in [1.54, 1.807) is 19.2 Å². The number of rotatable bonds is 9. The van der Waals surface area contributed by atoms with Crippen molar-refractivity contribution in [1.82, 2.24) is 9.78 Å². The average molecular weight is 422 g/mol. The molecule has 0 aliphatic rings. The van der Waals surface area contributed by atoms with Crippen LogP contribution in [0.5, 0.6) is 5.75 Å². The number of non-ortho nitro benzene ring substituents is 1. The summed E-state index contributed by atoms with van der Waals surface area (Å²) in [6.45, 7) is 4.63. The maximum atomic E-state index is 13.3. The van der Waals surface area contributed by atoms with E-state index in [0.29, 0.717) is 35.0 Å². The molecule has 0 spiro atoms. The molecular weight excluding hydrogens is 396 g/mol. The molecule has 8 heteroatoms. The van der Waals surface area contributed by atoms with Crippen molar-refractivity contribution in [2.45, 2.75) is 33.1 Å². The predicted molar refractivity (Wildman–Crippen MR) is 122 cm³/mol. The van der Waals surface area contributed by atoms with Crippen molar-refractivity contribution in [3.05, 3.63) is 74.6 Å². The zero-order valence-corrected chi connectivity index (χ0v) is 17.9. The van der Waals surface area contributed by atoms with E-state index >= 15 is 0 Å². The third-order valence-electron chi connectivity index (χ3n) is 5.06. The van der Waals surface area contributed by atoms with Gasteiger partial charge in [0.1, 0.15) is 5.75 Å². The number of unbranched alkanes of at least 4 members (excludes halogenated alkanes) is 2. The van der Waals surface area contributed by atoms with E-state index in [0.717, 1.165) is 24.8 Å². The number of nitro groups is 1. The fourth-order valence-corrected chi connectivity index (χ4v) is 3.33. The smallest absolute Gasteiger partial charge is 0.280 e. The van der Waals surface area contributed by atoms with Crippen LogP contribution >= 0.6 is 0 Å². The van der Waals surface area contributed by atoms with Crippen LogP contribution in [0.15, 0.2) is 58.3 Å². The standard InChI is InChI=1S/C23H26N4O4/c1-4-5-6-15-24-16(2)21-22(17-7-13-20(31-3)14-8-17)25-26(23(21)28)18-9-11-19(12-10-18)27(29)30/h7-14,25H,4-6,15H2,1-3H3. The minimum atomic E-state index is -0.470. The number of hydrogen-bond acceptors (Lipinski definition) is 5. The summed E-state index contributed by atoms with van der Waals surface area (Å²) in [5.41, 5.74) is 2.82. The third-order valence-corrected chi connectivity index (χ3v) is 5.06. The Bertz CT molecular complexity index is 1130. The molecule has 3 rings (SSSR count). The fourth-order valence-electron chi connectivity index (χ4n) is 3.33. The van der Waals surface area contributed by atoms with Crippen molar-refractivity contribution < 1.29 is 9.66 Å². The largest absolute Gasteiger partial charge is 0.497 e. The number of aromatic amines is 1. The van der Waals surface area contributed by atoms with Crippen LogP contribution in [-0.2, 0) is 0 Å². The molecule has 0 unspecified atom stereocenters. The van der Waals surface area contributed by atoms with Gasteiger partial charge in [0.05, 0.1) is 29.0 Å². The fraction of sp³-hybridized carbons (Fsp3) is 0.304. The quantitative estimate of drug-likeness (QED) is 0.233. The molecule has 1 heterocycles. The number of hydrogen-bond donors (Lipinski definition) is 1. The monoisotopic (exact) mass is 422 g/mol. The molecule has 31 heavy (non-hydrogen) atoms. The molecule has 0 radical (unpaired) electrons. The summed E-state index contributed by atoms with van der Waals surface area (Å²) >= 11 is 0. The van der Waals surface area contributed by atoms with E-state index in [-0.39, 0.29) is 11.2 Å².